The number of carbonyl (C=O) groups is 2. The average molecular weight is 317 g/mol. The third kappa shape index (κ3) is 3.47. The minimum atomic E-state index is -3.81. The molecule has 0 fully saturated rings. The Hall–Kier alpha value is -2.31. The Morgan fingerprint density at radius 1 is 0.955 bits per heavy atom. The molecule has 5 nitrogen and oxygen atoms in total. The quantitative estimate of drug-likeness (QED) is 0.673. The molecule has 114 valence electrons. The minimum Gasteiger partial charge on any atom is -0.299 e. The molecule has 0 aliphatic rings. The van der Waals surface area contributed by atoms with Crippen LogP contribution >= 0.6 is 0 Å². The van der Waals surface area contributed by atoms with E-state index in [0.29, 0.717) is 11.1 Å². The molecule has 0 saturated heterocycles. The lowest BCUT2D eigenvalue weighted by Crippen LogP contribution is -2.20. The zero-order valence-corrected chi connectivity index (χ0v) is 12.7. The van der Waals surface area contributed by atoms with Gasteiger partial charge >= 0.3 is 0 Å². The van der Waals surface area contributed by atoms with Crippen molar-refractivity contribution in [3.63, 3.8) is 0 Å². The first-order valence-electron chi connectivity index (χ1n) is 6.53. The first-order chi connectivity index (χ1) is 10.3. The average Bonchev–Trinajstić information content (AvgIpc) is 2.47. The van der Waals surface area contributed by atoms with Crippen LogP contribution in [0.15, 0.2) is 59.5 Å². The molecule has 2 rings (SSSR count). The Kier molecular flexibility index (Phi) is 4.54. The molecule has 0 aromatic heterocycles. The van der Waals surface area contributed by atoms with Crippen molar-refractivity contribution in [1.82, 2.24) is 0 Å². The highest BCUT2D eigenvalue weighted by atomic mass is 32.2. The molecule has 2 N–H and O–H groups in total. The van der Waals surface area contributed by atoms with Crippen molar-refractivity contribution < 1.29 is 18.0 Å². The van der Waals surface area contributed by atoms with Gasteiger partial charge in [-0.1, -0.05) is 42.5 Å². The highest BCUT2D eigenvalue weighted by molar-refractivity contribution is 7.89. The van der Waals surface area contributed by atoms with E-state index in [1.54, 1.807) is 30.3 Å². The minimum absolute atomic E-state index is 0.0642. The van der Waals surface area contributed by atoms with Crippen molar-refractivity contribution in [3.8, 4) is 0 Å². The maximum atomic E-state index is 12.5. The van der Waals surface area contributed by atoms with Crippen molar-refractivity contribution >= 4 is 21.6 Å². The van der Waals surface area contributed by atoms with E-state index in [9.17, 15) is 18.0 Å². The number of primary sulfonamides is 1. The molecule has 2 aromatic rings. The Labute approximate surface area is 128 Å². The number of sulfonamides is 1. The van der Waals surface area contributed by atoms with Crippen LogP contribution in [0.25, 0.3) is 0 Å². The number of ketones is 2. The Morgan fingerprint density at radius 2 is 1.50 bits per heavy atom. The van der Waals surface area contributed by atoms with E-state index >= 15 is 0 Å². The van der Waals surface area contributed by atoms with E-state index in [1.807, 2.05) is 0 Å². The predicted octanol–water partition coefficient (Wildman–Crippen LogP) is 1.89. The molecule has 0 radical (unpaired) electrons. The summed E-state index contributed by atoms with van der Waals surface area (Å²) in [7, 11) is -3.81. The zero-order chi connectivity index (χ0) is 16.3. The fourth-order valence-corrected chi connectivity index (χ4v) is 2.71. The van der Waals surface area contributed by atoms with Gasteiger partial charge in [0.1, 0.15) is 11.7 Å². The summed E-state index contributed by atoms with van der Waals surface area (Å²) >= 11 is 0. The highest BCUT2D eigenvalue weighted by Crippen LogP contribution is 2.23. The van der Waals surface area contributed by atoms with Crippen LogP contribution in [0.2, 0.25) is 0 Å². The SMILES string of the molecule is CC(=O)C(C(=O)c1ccccc1)c1ccc(S(N)(=O)=O)cc1. The zero-order valence-electron chi connectivity index (χ0n) is 11.9. The number of benzene rings is 2. The predicted molar refractivity (Wildman–Crippen MR) is 82.0 cm³/mol. The summed E-state index contributed by atoms with van der Waals surface area (Å²) in [5, 5.41) is 5.03. The largest absolute Gasteiger partial charge is 0.299 e. The van der Waals surface area contributed by atoms with Crippen LogP contribution in [0.3, 0.4) is 0 Å². The number of carbonyl (C=O) groups excluding carboxylic acids is 2. The lowest BCUT2D eigenvalue weighted by molar-refractivity contribution is -0.117. The molecule has 0 aliphatic heterocycles. The van der Waals surface area contributed by atoms with E-state index in [1.165, 1.54) is 31.2 Å². The molecule has 0 saturated carbocycles. The first-order valence-corrected chi connectivity index (χ1v) is 8.08. The van der Waals surface area contributed by atoms with Crippen LogP contribution in [0.4, 0.5) is 0 Å². The fourth-order valence-electron chi connectivity index (χ4n) is 2.19. The van der Waals surface area contributed by atoms with Gasteiger partial charge in [-0.25, -0.2) is 13.6 Å². The summed E-state index contributed by atoms with van der Waals surface area (Å²) in [4.78, 5) is 24.3. The number of hydrogen-bond donors (Lipinski definition) is 1. The molecule has 0 spiro atoms. The van der Waals surface area contributed by atoms with Gasteiger partial charge in [0.2, 0.25) is 10.0 Å². The highest BCUT2D eigenvalue weighted by Gasteiger charge is 2.26. The summed E-state index contributed by atoms with van der Waals surface area (Å²) in [6.45, 7) is 1.33. The molecule has 0 amide bonds. The van der Waals surface area contributed by atoms with Crippen LogP contribution in [-0.4, -0.2) is 20.0 Å². The van der Waals surface area contributed by atoms with Crippen molar-refractivity contribution in [2.45, 2.75) is 17.7 Å². The first kappa shape index (κ1) is 16.1. The van der Waals surface area contributed by atoms with Crippen LogP contribution < -0.4 is 5.14 Å². The second-order valence-corrected chi connectivity index (χ2v) is 6.45. The van der Waals surface area contributed by atoms with Gasteiger partial charge in [-0.15, -0.1) is 0 Å². The normalized spacial score (nSPS) is 12.6. The van der Waals surface area contributed by atoms with E-state index in [2.05, 4.69) is 0 Å². The van der Waals surface area contributed by atoms with Crippen LogP contribution in [0, 0.1) is 0 Å². The topological polar surface area (TPSA) is 94.3 Å². The van der Waals surface area contributed by atoms with Gasteiger partial charge in [-0.05, 0) is 24.6 Å². The van der Waals surface area contributed by atoms with Gasteiger partial charge < -0.3 is 0 Å². The summed E-state index contributed by atoms with van der Waals surface area (Å²) < 4.78 is 22.5. The summed E-state index contributed by atoms with van der Waals surface area (Å²) in [5.74, 6) is -1.59. The lowest BCUT2D eigenvalue weighted by atomic mass is 9.88. The third-order valence-corrected chi connectivity index (χ3v) is 4.20. The van der Waals surface area contributed by atoms with Crippen molar-refractivity contribution in [2.75, 3.05) is 0 Å². The summed E-state index contributed by atoms with van der Waals surface area (Å²) in [6.07, 6.45) is 0. The van der Waals surface area contributed by atoms with E-state index < -0.39 is 15.9 Å². The number of hydrogen-bond acceptors (Lipinski definition) is 4. The molecule has 0 heterocycles. The second-order valence-electron chi connectivity index (χ2n) is 4.89. The Balaban J connectivity index is 2.41. The second kappa shape index (κ2) is 6.21. The Morgan fingerprint density at radius 3 is 1.95 bits per heavy atom. The third-order valence-electron chi connectivity index (χ3n) is 3.27. The monoisotopic (exact) mass is 317 g/mol. The van der Waals surface area contributed by atoms with Gasteiger partial charge in [-0.3, -0.25) is 9.59 Å². The van der Waals surface area contributed by atoms with Gasteiger partial charge in [0, 0.05) is 5.56 Å². The van der Waals surface area contributed by atoms with Crippen LogP contribution in [0.5, 0.6) is 0 Å². The van der Waals surface area contributed by atoms with E-state index in [-0.39, 0.29) is 16.5 Å². The number of nitrogens with two attached hydrogens (primary N) is 1. The van der Waals surface area contributed by atoms with Gasteiger partial charge in [0.25, 0.3) is 0 Å². The molecule has 22 heavy (non-hydrogen) atoms. The van der Waals surface area contributed by atoms with Crippen LogP contribution in [0.1, 0.15) is 28.8 Å². The van der Waals surface area contributed by atoms with Crippen molar-refractivity contribution in [1.29, 1.82) is 0 Å². The van der Waals surface area contributed by atoms with Gasteiger partial charge in [0.05, 0.1) is 4.90 Å². The maximum absolute atomic E-state index is 12.5. The number of Topliss-reactive ketones (excluding diaryl/α,β-unsaturated/α-hetero) is 2. The molecule has 6 heteroatoms. The van der Waals surface area contributed by atoms with Crippen molar-refractivity contribution in [3.05, 3.63) is 65.7 Å². The Bertz CT molecular complexity index is 796. The van der Waals surface area contributed by atoms with Crippen molar-refractivity contribution in [2.24, 2.45) is 5.14 Å². The summed E-state index contributed by atoms with van der Waals surface area (Å²) in [6, 6.07) is 13.9. The molecule has 1 unspecified atom stereocenters. The van der Waals surface area contributed by atoms with Crippen LogP contribution in [-0.2, 0) is 14.8 Å². The molecular formula is C16H15NO4S. The fraction of sp³-hybridized carbons (Fsp3) is 0.125. The summed E-state index contributed by atoms with van der Waals surface area (Å²) in [5.41, 5.74) is 0.868. The molecule has 1 atom stereocenters. The molecule has 0 aliphatic carbocycles. The van der Waals surface area contributed by atoms with E-state index in [4.69, 9.17) is 5.14 Å². The molecule has 2 aromatic carbocycles. The molecular weight excluding hydrogens is 302 g/mol. The lowest BCUT2D eigenvalue weighted by Gasteiger charge is -2.13. The van der Waals surface area contributed by atoms with Gasteiger partial charge in [-0.2, -0.15) is 0 Å². The number of rotatable bonds is 5. The van der Waals surface area contributed by atoms with E-state index in [0.717, 1.165) is 0 Å². The van der Waals surface area contributed by atoms with Gasteiger partial charge in [0.15, 0.2) is 5.78 Å². The molecule has 0 bridgehead atoms. The maximum Gasteiger partial charge on any atom is 0.238 e. The standard InChI is InChI=1S/C16H15NO4S/c1-11(18)15(16(19)13-5-3-2-4-6-13)12-7-9-14(10-8-12)22(17,20)21/h2-10,15H,1H3,(H2,17,20,21). The smallest absolute Gasteiger partial charge is 0.238 e.